The maximum absolute atomic E-state index is 12.4. The zero-order valence-electron chi connectivity index (χ0n) is 14.5. The molecule has 2 N–H and O–H groups in total. The molecule has 2 aromatic carbocycles. The van der Waals surface area contributed by atoms with Gasteiger partial charge in [-0.2, -0.15) is 9.78 Å². The van der Waals surface area contributed by atoms with Gasteiger partial charge in [0, 0.05) is 22.9 Å². The molecular weight excluding hydrogens is 362 g/mol. The van der Waals surface area contributed by atoms with Crippen LogP contribution in [0.25, 0.3) is 17.0 Å². The summed E-state index contributed by atoms with van der Waals surface area (Å²) in [6, 6.07) is 15.4. The van der Waals surface area contributed by atoms with Gasteiger partial charge in [0.1, 0.15) is 5.82 Å². The lowest BCUT2D eigenvalue weighted by atomic mass is 9.86. The minimum Gasteiger partial charge on any atom is -0.322 e. The van der Waals surface area contributed by atoms with E-state index in [0.29, 0.717) is 23.2 Å². The van der Waals surface area contributed by atoms with Gasteiger partial charge in [-0.15, -0.1) is 0 Å². The molecule has 1 amide bonds. The predicted octanol–water partition coefficient (Wildman–Crippen LogP) is 4.18. The van der Waals surface area contributed by atoms with Crippen LogP contribution in [0, 0.1) is 6.92 Å². The molecule has 0 saturated heterocycles. The summed E-state index contributed by atoms with van der Waals surface area (Å²) in [4.78, 5) is 20.3. The lowest BCUT2D eigenvalue weighted by Crippen LogP contribution is -2.25. The highest BCUT2D eigenvalue weighted by Crippen LogP contribution is 2.40. The number of amides is 1. The second-order valence-electron chi connectivity index (χ2n) is 6.69. The minimum absolute atomic E-state index is 0.0419. The van der Waals surface area contributed by atoms with Crippen molar-refractivity contribution < 1.29 is 4.79 Å². The number of imidazole rings is 1. The highest BCUT2D eigenvalue weighted by atomic mass is 35.5. The predicted molar refractivity (Wildman–Crippen MR) is 104 cm³/mol. The van der Waals surface area contributed by atoms with E-state index in [2.05, 4.69) is 20.4 Å². The molecule has 0 radical (unpaired) electrons. The number of anilines is 1. The Morgan fingerprint density at radius 2 is 1.93 bits per heavy atom. The van der Waals surface area contributed by atoms with E-state index in [-0.39, 0.29) is 11.8 Å². The molecule has 5 rings (SSSR count). The molecule has 134 valence electrons. The van der Waals surface area contributed by atoms with E-state index in [1.165, 1.54) is 0 Å². The van der Waals surface area contributed by atoms with Crippen molar-refractivity contribution in [2.75, 3.05) is 5.32 Å². The molecule has 2 aromatic heterocycles. The fraction of sp³-hybridized carbons (Fsp3) is 0.150. The number of halogens is 1. The van der Waals surface area contributed by atoms with Gasteiger partial charge in [0.25, 0.3) is 0 Å². The molecule has 1 aliphatic rings. The van der Waals surface area contributed by atoms with Gasteiger partial charge in [-0.3, -0.25) is 4.79 Å². The van der Waals surface area contributed by atoms with E-state index in [9.17, 15) is 4.79 Å². The average Bonchev–Trinajstić information content (AvgIpc) is 3.23. The van der Waals surface area contributed by atoms with Crippen molar-refractivity contribution in [1.29, 1.82) is 0 Å². The van der Waals surface area contributed by atoms with Crippen LogP contribution >= 0.6 is 11.6 Å². The van der Waals surface area contributed by atoms with Gasteiger partial charge in [0.2, 0.25) is 11.9 Å². The Morgan fingerprint density at radius 1 is 1.15 bits per heavy atom. The maximum atomic E-state index is 12.4. The van der Waals surface area contributed by atoms with Crippen molar-refractivity contribution in [2.45, 2.75) is 19.3 Å². The summed E-state index contributed by atoms with van der Waals surface area (Å²) in [5.41, 5.74) is 4.70. The summed E-state index contributed by atoms with van der Waals surface area (Å²) < 4.78 is 1.69. The zero-order chi connectivity index (χ0) is 18.5. The molecule has 1 aliphatic heterocycles. The number of aryl methyl sites for hydroxylation is 1. The Hall–Kier alpha value is -3.12. The van der Waals surface area contributed by atoms with Gasteiger partial charge >= 0.3 is 0 Å². The normalized spacial score (nSPS) is 16.4. The first-order valence-electron chi connectivity index (χ1n) is 8.70. The summed E-state index contributed by atoms with van der Waals surface area (Å²) in [7, 11) is 0. The first kappa shape index (κ1) is 16.1. The van der Waals surface area contributed by atoms with Crippen molar-refractivity contribution in [1.82, 2.24) is 19.7 Å². The molecular formula is C20H16ClN5O. The number of carbonyl (C=O) groups is 1. The lowest BCUT2D eigenvalue weighted by Gasteiger charge is -2.24. The van der Waals surface area contributed by atoms with Crippen LogP contribution < -0.4 is 5.32 Å². The summed E-state index contributed by atoms with van der Waals surface area (Å²) in [6.45, 7) is 1.96. The Balaban J connectivity index is 1.67. The van der Waals surface area contributed by atoms with Crippen molar-refractivity contribution in [3.05, 3.63) is 70.4 Å². The molecule has 6 nitrogen and oxygen atoms in total. The zero-order valence-corrected chi connectivity index (χ0v) is 15.3. The molecule has 0 bridgehead atoms. The van der Waals surface area contributed by atoms with Gasteiger partial charge in [0.15, 0.2) is 0 Å². The summed E-state index contributed by atoms with van der Waals surface area (Å²) in [5.74, 6) is 1.14. The van der Waals surface area contributed by atoms with Crippen LogP contribution in [0.5, 0.6) is 0 Å². The van der Waals surface area contributed by atoms with Crippen molar-refractivity contribution in [3.63, 3.8) is 0 Å². The molecule has 3 heterocycles. The number of para-hydroxylation sites is 2. The monoisotopic (exact) mass is 377 g/mol. The largest absolute Gasteiger partial charge is 0.322 e. The number of hydrogen-bond donors (Lipinski definition) is 2. The molecule has 4 aromatic rings. The second-order valence-corrected chi connectivity index (χ2v) is 7.13. The Morgan fingerprint density at radius 3 is 2.70 bits per heavy atom. The van der Waals surface area contributed by atoms with E-state index < -0.39 is 0 Å². The van der Waals surface area contributed by atoms with E-state index in [0.717, 1.165) is 27.9 Å². The van der Waals surface area contributed by atoms with E-state index in [1.807, 2.05) is 55.5 Å². The Bertz CT molecular complexity index is 1140. The van der Waals surface area contributed by atoms with Crippen molar-refractivity contribution in [2.24, 2.45) is 0 Å². The van der Waals surface area contributed by atoms with Gasteiger partial charge < -0.3 is 10.3 Å². The van der Waals surface area contributed by atoms with Crippen LogP contribution in [0.2, 0.25) is 5.02 Å². The van der Waals surface area contributed by atoms with Crippen molar-refractivity contribution >= 4 is 34.4 Å². The summed E-state index contributed by atoms with van der Waals surface area (Å²) in [6.07, 6.45) is 0.376. The molecule has 1 atom stereocenters. The van der Waals surface area contributed by atoms with E-state index >= 15 is 0 Å². The van der Waals surface area contributed by atoms with E-state index in [4.69, 9.17) is 11.6 Å². The molecule has 0 fully saturated rings. The molecule has 7 heteroatoms. The maximum Gasteiger partial charge on any atom is 0.231 e. The average molecular weight is 378 g/mol. The lowest BCUT2D eigenvalue weighted by molar-refractivity contribution is -0.116. The SMILES string of the molecule is Cc1nn(-c2nc3ccccc3[nH]2)c2c1C(c1ccc(Cl)cc1)CC(=O)N2. The second kappa shape index (κ2) is 5.96. The van der Waals surface area contributed by atoms with E-state index in [1.54, 1.807) is 4.68 Å². The number of nitrogens with zero attached hydrogens (tertiary/aromatic N) is 3. The number of fused-ring (bicyclic) bond motifs is 2. The fourth-order valence-electron chi connectivity index (χ4n) is 3.72. The first-order chi connectivity index (χ1) is 13.1. The fourth-order valence-corrected chi connectivity index (χ4v) is 3.85. The highest BCUT2D eigenvalue weighted by Gasteiger charge is 2.33. The standard InChI is InChI=1S/C20H16ClN5O/c1-11-18-14(12-6-8-13(21)9-7-12)10-17(27)24-19(18)26(25-11)20-22-15-4-2-3-5-16(15)23-20/h2-9,14H,10H2,1H3,(H,22,23)(H,24,27). The smallest absolute Gasteiger partial charge is 0.231 e. The number of benzene rings is 2. The van der Waals surface area contributed by atoms with Crippen LogP contribution in [-0.2, 0) is 4.79 Å². The van der Waals surface area contributed by atoms with Crippen molar-refractivity contribution in [3.8, 4) is 5.95 Å². The minimum atomic E-state index is -0.0656. The van der Waals surface area contributed by atoms with Gasteiger partial charge in [-0.25, -0.2) is 4.98 Å². The van der Waals surface area contributed by atoms with Crippen LogP contribution in [0.3, 0.4) is 0 Å². The third-order valence-electron chi connectivity index (χ3n) is 4.95. The molecule has 27 heavy (non-hydrogen) atoms. The van der Waals surface area contributed by atoms with Gasteiger partial charge in [-0.1, -0.05) is 35.9 Å². The molecule has 0 saturated carbocycles. The van der Waals surface area contributed by atoms with Crippen LogP contribution in [0.1, 0.15) is 29.2 Å². The first-order valence-corrected chi connectivity index (χ1v) is 9.08. The van der Waals surface area contributed by atoms with Crippen LogP contribution in [0.15, 0.2) is 48.5 Å². The van der Waals surface area contributed by atoms with Crippen LogP contribution in [-0.4, -0.2) is 25.7 Å². The van der Waals surface area contributed by atoms with Crippen LogP contribution in [0.4, 0.5) is 5.82 Å². The number of rotatable bonds is 2. The number of nitrogens with one attached hydrogen (secondary N) is 2. The Kier molecular flexibility index (Phi) is 3.55. The number of aromatic nitrogens is 4. The van der Waals surface area contributed by atoms with Gasteiger partial charge in [0.05, 0.1) is 16.7 Å². The number of hydrogen-bond acceptors (Lipinski definition) is 3. The molecule has 0 spiro atoms. The Labute approximate surface area is 160 Å². The summed E-state index contributed by atoms with van der Waals surface area (Å²) in [5, 5.41) is 8.32. The molecule has 1 unspecified atom stereocenters. The highest BCUT2D eigenvalue weighted by molar-refractivity contribution is 6.30. The topological polar surface area (TPSA) is 75.6 Å². The number of H-pyrrole nitrogens is 1. The third-order valence-corrected chi connectivity index (χ3v) is 5.20. The number of aromatic amines is 1. The third kappa shape index (κ3) is 2.61. The molecule has 0 aliphatic carbocycles. The quantitative estimate of drug-likeness (QED) is 0.550. The van der Waals surface area contributed by atoms with Gasteiger partial charge in [-0.05, 0) is 36.8 Å². The number of carbonyl (C=O) groups excluding carboxylic acids is 1. The summed E-state index contributed by atoms with van der Waals surface area (Å²) >= 11 is 6.03.